The number of amides is 2. The van der Waals surface area contributed by atoms with E-state index in [4.69, 9.17) is 5.73 Å². The van der Waals surface area contributed by atoms with Gasteiger partial charge in [-0.3, -0.25) is 9.59 Å². The summed E-state index contributed by atoms with van der Waals surface area (Å²) < 4.78 is 0. The van der Waals surface area contributed by atoms with Crippen molar-refractivity contribution < 1.29 is 9.59 Å². The number of carbonyl (C=O) groups excluding carboxylic acids is 2. The maximum absolute atomic E-state index is 12.2. The van der Waals surface area contributed by atoms with Crippen molar-refractivity contribution in [3.05, 3.63) is 0 Å². The summed E-state index contributed by atoms with van der Waals surface area (Å²) in [5.41, 5.74) is 5.56. The maximum Gasteiger partial charge on any atom is 0.227 e. The Morgan fingerprint density at radius 3 is 2.58 bits per heavy atom. The van der Waals surface area contributed by atoms with Gasteiger partial charge in [0.15, 0.2) is 0 Å². The van der Waals surface area contributed by atoms with Crippen LogP contribution in [0.1, 0.15) is 45.4 Å². The molecule has 1 heterocycles. The van der Waals surface area contributed by atoms with E-state index in [0.29, 0.717) is 13.0 Å². The second kappa shape index (κ2) is 5.90. The van der Waals surface area contributed by atoms with Crippen molar-refractivity contribution in [1.29, 1.82) is 0 Å². The molecule has 2 unspecified atom stereocenters. The maximum atomic E-state index is 12.2. The summed E-state index contributed by atoms with van der Waals surface area (Å²) in [5.74, 6) is 0.158. The van der Waals surface area contributed by atoms with Gasteiger partial charge < -0.3 is 16.0 Å². The van der Waals surface area contributed by atoms with Gasteiger partial charge in [-0.05, 0) is 32.6 Å². The molecule has 0 radical (unpaired) electrons. The Bertz CT molecular complexity index is 353. The number of nitrogens with two attached hydrogens (primary N) is 1. The van der Waals surface area contributed by atoms with Crippen molar-refractivity contribution in [2.45, 2.75) is 51.5 Å². The molecule has 2 amide bonds. The molecular weight excluding hydrogens is 242 g/mol. The molecule has 2 rings (SSSR count). The lowest BCUT2D eigenvalue weighted by molar-refractivity contribution is -0.131. The highest BCUT2D eigenvalue weighted by Crippen LogP contribution is 2.36. The van der Waals surface area contributed by atoms with Gasteiger partial charge in [-0.1, -0.05) is 6.42 Å². The van der Waals surface area contributed by atoms with Gasteiger partial charge in [0.25, 0.3) is 0 Å². The molecule has 1 aliphatic heterocycles. The zero-order valence-electron chi connectivity index (χ0n) is 11.8. The van der Waals surface area contributed by atoms with Crippen LogP contribution >= 0.6 is 0 Å². The quantitative estimate of drug-likeness (QED) is 0.784. The molecule has 5 heteroatoms. The number of carbonyl (C=O) groups is 2. The highest BCUT2D eigenvalue weighted by molar-refractivity contribution is 5.84. The highest BCUT2D eigenvalue weighted by Gasteiger charge is 2.42. The fraction of sp³-hybridized carbons (Fsp3) is 0.857. The van der Waals surface area contributed by atoms with E-state index in [2.05, 4.69) is 5.32 Å². The Balaban J connectivity index is 1.73. The summed E-state index contributed by atoms with van der Waals surface area (Å²) in [6, 6.07) is -0.0539. The normalized spacial score (nSPS) is 30.6. The zero-order chi connectivity index (χ0) is 13.9. The van der Waals surface area contributed by atoms with E-state index in [0.717, 1.165) is 45.2 Å². The van der Waals surface area contributed by atoms with Gasteiger partial charge in [-0.25, -0.2) is 0 Å². The van der Waals surface area contributed by atoms with Crippen LogP contribution in [0.4, 0.5) is 0 Å². The predicted molar refractivity (Wildman–Crippen MR) is 73.4 cm³/mol. The number of likely N-dealkylation sites (tertiary alicyclic amines) is 1. The number of rotatable bonds is 4. The summed E-state index contributed by atoms with van der Waals surface area (Å²) in [7, 11) is 0. The van der Waals surface area contributed by atoms with Crippen LogP contribution in [-0.4, -0.2) is 42.4 Å². The van der Waals surface area contributed by atoms with Gasteiger partial charge in [0.2, 0.25) is 11.8 Å². The fourth-order valence-corrected chi connectivity index (χ4v) is 3.08. The van der Waals surface area contributed by atoms with Crippen LogP contribution < -0.4 is 11.1 Å². The van der Waals surface area contributed by atoms with E-state index >= 15 is 0 Å². The first-order valence-electron chi connectivity index (χ1n) is 7.36. The molecule has 0 spiro atoms. The zero-order valence-corrected chi connectivity index (χ0v) is 11.8. The Kier molecular flexibility index (Phi) is 4.45. The van der Waals surface area contributed by atoms with Crippen LogP contribution in [0.15, 0.2) is 0 Å². The van der Waals surface area contributed by atoms with E-state index in [9.17, 15) is 9.59 Å². The molecular formula is C14H25N3O2. The minimum absolute atomic E-state index is 0.00622. The molecule has 108 valence electrons. The summed E-state index contributed by atoms with van der Waals surface area (Å²) >= 11 is 0. The minimum atomic E-state index is -0.448. The van der Waals surface area contributed by atoms with Gasteiger partial charge in [0, 0.05) is 32.1 Å². The molecule has 0 bridgehead atoms. The second-order valence-corrected chi connectivity index (χ2v) is 6.01. The monoisotopic (exact) mass is 267 g/mol. The SMILES string of the molecule is CC1(C(=O)NCCC(=O)N2CCCC2)CCCC1N. The van der Waals surface area contributed by atoms with Crippen LogP contribution in [0, 0.1) is 5.41 Å². The highest BCUT2D eigenvalue weighted by atomic mass is 16.2. The first-order chi connectivity index (χ1) is 9.04. The molecule has 2 aliphatic rings. The topological polar surface area (TPSA) is 75.4 Å². The van der Waals surface area contributed by atoms with Crippen LogP contribution in [0.2, 0.25) is 0 Å². The molecule has 3 N–H and O–H groups in total. The van der Waals surface area contributed by atoms with Gasteiger partial charge in [-0.2, -0.15) is 0 Å². The molecule has 2 atom stereocenters. The first-order valence-corrected chi connectivity index (χ1v) is 7.36. The van der Waals surface area contributed by atoms with Gasteiger partial charge in [0.1, 0.15) is 0 Å². The first kappa shape index (κ1) is 14.3. The van der Waals surface area contributed by atoms with Gasteiger partial charge >= 0.3 is 0 Å². The molecule has 0 aromatic rings. The molecule has 2 fully saturated rings. The Morgan fingerprint density at radius 1 is 1.32 bits per heavy atom. The van der Waals surface area contributed by atoms with Crippen molar-refractivity contribution >= 4 is 11.8 Å². The average Bonchev–Trinajstić information content (AvgIpc) is 3.01. The standard InChI is InChI=1S/C14H25N3O2/c1-14(7-4-5-11(14)15)13(19)16-8-6-12(18)17-9-2-3-10-17/h11H,2-10,15H2,1H3,(H,16,19). The van der Waals surface area contributed by atoms with E-state index < -0.39 is 5.41 Å². The third-order valence-electron chi connectivity index (χ3n) is 4.63. The summed E-state index contributed by atoms with van der Waals surface area (Å²) in [6.07, 6.45) is 5.38. The van der Waals surface area contributed by atoms with E-state index in [1.54, 1.807) is 0 Å². The van der Waals surface area contributed by atoms with Crippen molar-refractivity contribution in [2.75, 3.05) is 19.6 Å². The number of hydrogen-bond donors (Lipinski definition) is 2. The van der Waals surface area contributed by atoms with Crippen molar-refractivity contribution in [2.24, 2.45) is 11.1 Å². The van der Waals surface area contributed by atoms with E-state index in [-0.39, 0.29) is 17.9 Å². The molecule has 19 heavy (non-hydrogen) atoms. The van der Waals surface area contributed by atoms with Gasteiger partial charge in [0.05, 0.1) is 5.41 Å². The average molecular weight is 267 g/mol. The molecule has 1 saturated carbocycles. The Hall–Kier alpha value is -1.10. The fourth-order valence-electron chi connectivity index (χ4n) is 3.08. The summed E-state index contributed by atoms with van der Waals surface area (Å²) in [6.45, 7) is 4.10. The number of nitrogens with zero attached hydrogens (tertiary/aromatic N) is 1. The minimum Gasteiger partial charge on any atom is -0.355 e. The molecule has 5 nitrogen and oxygen atoms in total. The van der Waals surface area contributed by atoms with Crippen molar-refractivity contribution in [3.63, 3.8) is 0 Å². The third-order valence-corrected chi connectivity index (χ3v) is 4.63. The second-order valence-electron chi connectivity index (χ2n) is 6.01. The van der Waals surface area contributed by atoms with Crippen LogP contribution in [0.25, 0.3) is 0 Å². The van der Waals surface area contributed by atoms with Crippen LogP contribution in [0.5, 0.6) is 0 Å². The third kappa shape index (κ3) is 3.08. The Morgan fingerprint density at radius 2 is 2.00 bits per heavy atom. The lowest BCUT2D eigenvalue weighted by Gasteiger charge is -2.27. The molecule has 0 aromatic heterocycles. The van der Waals surface area contributed by atoms with Crippen molar-refractivity contribution in [3.8, 4) is 0 Å². The predicted octanol–water partition coefficient (Wildman–Crippen LogP) is 0.633. The van der Waals surface area contributed by atoms with E-state index in [1.807, 2.05) is 11.8 Å². The summed E-state index contributed by atoms with van der Waals surface area (Å²) in [5, 5.41) is 2.88. The number of hydrogen-bond acceptors (Lipinski definition) is 3. The van der Waals surface area contributed by atoms with E-state index in [1.165, 1.54) is 0 Å². The lowest BCUT2D eigenvalue weighted by Crippen LogP contribution is -2.48. The van der Waals surface area contributed by atoms with Crippen molar-refractivity contribution in [1.82, 2.24) is 10.2 Å². The lowest BCUT2D eigenvalue weighted by atomic mass is 9.84. The van der Waals surface area contributed by atoms with Crippen LogP contribution in [-0.2, 0) is 9.59 Å². The number of nitrogens with one attached hydrogen (secondary N) is 1. The largest absolute Gasteiger partial charge is 0.355 e. The molecule has 1 saturated heterocycles. The Labute approximate surface area is 114 Å². The smallest absolute Gasteiger partial charge is 0.227 e. The molecule has 0 aromatic carbocycles. The van der Waals surface area contributed by atoms with Crippen LogP contribution in [0.3, 0.4) is 0 Å². The van der Waals surface area contributed by atoms with Gasteiger partial charge in [-0.15, -0.1) is 0 Å². The summed E-state index contributed by atoms with van der Waals surface area (Å²) in [4.78, 5) is 25.9. The molecule has 1 aliphatic carbocycles.